The van der Waals surface area contributed by atoms with Gasteiger partial charge in [0.05, 0.1) is 17.9 Å². The molecular weight excluding hydrogens is 352 g/mol. The molecule has 0 bridgehead atoms. The second-order valence-electron chi connectivity index (χ2n) is 6.23. The number of likely N-dealkylation sites (N-methyl/N-ethyl adjacent to an activating group) is 1. The van der Waals surface area contributed by atoms with Crippen molar-refractivity contribution in [2.75, 3.05) is 18.9 Å². The molecule has 0 aliphatic heterocycles. The van der Waals surface area contributed by atoms with Crippen molar-refractivity contribution in [2.45, 2.75) is 45.4 Å². The summed E-state index contributed by atoms with van der Waals surface area (Å²) in [6, 6.07) is 5.90. The maximum Gasteiger partial charge on any atom is 0.246 e. The fourth-order valence-corrected chi connectivity index (χ4v) is 4.40. The molecule has 26 heavy (non-hydrogen) atoms. The van der Waals surface area contributed by atoms with Crippen LogP contribution in [0.3, 0.4) is 0 Å². The third-order valence-electron chi connectivity index (χ3n) is 4.36. The first kappa shape index (κ1) is 20.1. The lowest BCUT2D eigenvalue weighted by Crippen LogP contribution is -2.35. The number of nitrogens with one attached hydrogen (secondary N) is 2. The number of sulfonamides is 1. The van der Waals surface area contributed by atoms with E-state index >= 15 is 0 Å². The molecule has 0 spiro atoms. The fraction of sp³-hybridized carbons (Fsp3) is 0.444. The van der Waals surface area contributed by atoms with Crippen molar-refractivity contribution < 1.29 is 13.2 Å². The zero-order valence-corrected chi connectivity index (χ0v) is 16.7. The first-order valence-corrected chi connectivity index (χ1v) is 10.0. The normalized spacial score (nSPS) is 11.8. The Kier molecular flexibility index (Phi) is 6.20. The van der Waals surface area contributed by atoms with Gasteiger partial charge in [0, 0.05) is 12.7 Å². The number of hydrogen-bond acceptors (Lipinski definition) is 4. The predicted molar refractivity (Wildman–Crippen MR) is 102 cm³/mol. The van der Waals surface area contributed by atoms with Gasteiger partial charge in [-0.05, 0) is 37.8 Å². The Morgan fingerprint density at radius 1 is 1.19 bits per heavy atom. The molecule has 0 saturated carbocycles. The number of H-pyrrole nitrogens is 1. The van der Waals surface area contributed by atoms with Crippen LogP contribution < -0.4 is 5.32 Å². The molecule has 0 unspecified atom stereocenters. The van der Waals surface area contributed by atoms with Crippen molar-refractivity contribution in [1.29, 1.82) is 0 Å². The summed E-state index contributed by atoms with van der Waals surface area (Å²) in [5, 5.41) is 9.48. The molecule has 0 saturated heterocycles. The Labute approximate surface area is 154 Å². The van der Waals surface area contributed by atoms with E-state index in [1.807, 2.05) is 32.0 Å². The molecule has 142 valence electrons. The number of aromatic amines is 1. The molecule has 1 aromatic carbocycles. The predicted octanol–water partition coefficient (Wildman–Crippen LogP) is 2.41. The molecule has 1 heterocycles. The van der Waals surface area contributed by atoms with Crippen molar-refractivity contribution in [3.63, 3.8) is 0 Å². The van der Waals surface area contributed by atoms with Crippen LogP contribution in [0, 0.1) is 13.8 Å². The molecule has 0 atom stereocenters. The Morgan fingerprint density at radius 3 is 2.23 bits per heavy atom. The average molecular weight is 378 g/mol. The molecule has 0 aliphatic carbocycles. The lowest BCUT2D eigenvalue weighted by atomic mass is 10.0. The summed E-state index contributed by atoms with van der Waals surface area (Å²) in [7, 11) is -2.40. The number of rotatable bonds is 7. The first-order chi connectivity index (χ1) is 12.2. The first-order valence-electron chi connectivity index (χ1n) is 8.60. The zero-order chi connectivity index (χ0) is 19.5. The Hall–Kier alpha value is -2.19. The van der Waals surface area contributed by atoms with Crippen LogP contribution in [0.5, 0.6) is 0 Å². The molecular formula is C18H26N4O3S. The van der Waals surface area contributed by atoms with Gasteiger partial charge in [-0.25, -0.2) is 8.42 Å². The Morgan fingerprint density at radius 2 is 1.77 bits per heavy atom. The van der Waals surface area contributed by atoms with Crippen LogP contribution in [0.15, 0.2) is 23.1 Å². The summed E-state index contributed by atoms with van der Waals surface area (Å²) in [4.78, 5) is 12.6. The highest BCUT2D eigenvalue weighted by molar-refractivity contribution is 7.89. The van der Waals surface area contributed by atoms with Crippen LogP contribution >= 0.6 is 0 Å². The maximum absolute atomic E-state index is 12.8. The molecule has 0 aliphatic rings. The van der Waals surface area contributed by atoms with Crippen molar-refractivity contribution in [2.24, 2.45) is 0 Å². The lowest BCUT2D eigenvalue weighted by molar-refractivity contribution is -0.116. The van der Waals surface area contributed by atoms with E-state index < -0.39 is 10.0 Å². The largest absolute Gasteiger partial charge is 0.324 e. The zero-order valence-electron chi connectivity index (χ0n) is 15.9. The third-order valence-corrected chi connectivity index (χ3v) is 6.43. The van der Waals surface area contributed by atoms with Crippen molar-refractivity contribution in [3.8, 4) is 0 Å². The highest BCUT2D eigenvalue weighted by Gasteiger charge is 2.28. The molecule has 2 aromatic rings. The molecule has 1 aromatic heterocycles. The number of hydrogen-bond donors (Lipinski definition) is 2. The smallest absolute Gasteiger partial charge is 0.246 e. The van der Waals surface area contributed by atoms with Crippen LogP contribution in [-0.2, 0) is 27.7 Å². The maximum atomic E-state index is 12.8. The Bertz CT molecular complexity index is 861. The lowest BCUT2D eigenvalue weighted by Gasteiger charge is -2.19. The van der Waals surface area contributed by atoms with Gasteiger partial charge in [0.15, 0.2) is 0 Å². The number of para-hydroxylation sites is 1. The molecule has 7 nitrogen and oxygen atoms in total. The third kappa shape index (κ3) is 3.96. The van der Waals surface area contributed by atoms with E-state index in [2.05, 4.69) is 15.5 Å². The second-order valence-corrected chi connectivity index (χ2v) is 8.21. The number of aromatic nitrogens is 2. The minimum atomic E-state index is -3.80. The van der Waals surface area contributed by atoms with E-state index in [9.17, 15) is 13.2 Å². The second kappa shape index (κ2) is 8.01. The number of nitrogens with zero attached hydrogens (tertiary/aromatic N) is 2. The van der Waals surface area contributed by atoms with Gasteiger partial charge < -0.3 is 5.32 Å². The van der Waals surface area contributed by atoms with Gasteiger partial charge in [-0.1, -0.05) is 32.0 Å². The van der Waals surface area contributed by atoms with Gasteiger partial charge in [-0.3, -0.25) is 9.89 Å². The average Bonchev–Trinajstić information content (AvgIpc) is 2.94. The number of carbonyl (C=O) groups is 1. The fourth-order valence-electron chi connectivity index (χ4n) is 2.95. The van der Waals surface area contributed by atoms with Crippen LogP contribution in [0.2, 0.25) is 0 Å². The molecule has 2 N–H and O–H groups in total. The molecule has 0 fully saturated rings. The number of anilines is 1. The van der Waals surface area contributed by atoms with E-state index in [-0.39, 0.29) is 17.3 Å². The van der Waals surface area contributed by atoms with E-state index in [1.54, 1.807) is 13.8 Å². The number of amides is 1. The summed E-state index contributed by atoms with van der Waals surface area (Å²) < 4.78 is 26.6. The summed E-state index contributed by atoms with van der Waals surface area (Å²) >= 11 is 0. The van der Waals surface area contributed by atoms with Gasteiger partial charge in [-0.15, -0.1) is 0 Å². The summed E-state index contributed by atoms with van der Waals surface area (Å²) in [6.45, 7) is 7.03. The van der Waals surface area contributed by atoms with E-state index in [4.69, 9.17) is 0 Å². The Balaban J connectivity index is 2.21. The summed E-state index contributed by atoms with van der Waals surface area (Å²) in [5.41, 5.74) is 3.69. The highest BCUT2D eigenvalue weighted by Crippen LogP contribution is 2.23. The van der Waals surface area contributed by atoms with Gasteiger partial charge in [0.1, 0.15) is 4.90 Å². The quantitative estimate of drug-likeness (QED) is 0.773. The minimum absolute atomic E-state index is 0.121. The van der Waals surface area contributed by atoms with Gasteiger partial charge >= 0.3 is 0 Å². The standard InChI is InChI=1S/C18H26N4O3S/c1-6-14-9-8-10-15(7-2)17(14)19-16(23)11-22(5)26(24,25)18-12(3)20-21-13(18)4/h8-10H,6-7,11H2,1-5H3,(H,19,23)(H,20,21). The van der Waals surface area contributed by atoms with Crippen LogP contribution in [-0.4, -0.2) is 42.4 Å². The van der Waals surface area contributed by atoms with Crippen molar-refractivity contribution >= 4 is 21.6 Å². The van der Waals surface area contributed by atoms with E-state index in [0.29, 0.717) is 11.4 Å². The molecule has 1 amide bonds. The van der Waals surface area contributed by atoms with Crippen LogP contribution in [0.25, 0.3) is 0 Å². The van der Waals surface area contributed by atoms with Gasteiger partial charge in [0.25, 0.3) is 0 Å². The van der Waals surface area contributed by atoms with Crippen LogP contribution in [0.4, 0.5) is 5.69 Å². The minimum Gasteiger partial charge on any atom is -0.324 e. The van der Waals surface area contributed by atoms with Crippen molar-refractivity contribution in [3.05, 3.63) is 40.7 Å². The molecule has 0 radical (unpaired) electrons. The SMILES string of the molecule is CCc1cccc(CC)c1NC(=O)CN(C)S(=O)(=O)c1c(C)n[nH]c1C. The number of aryl methyl sites for hydroxylation is 4. The topological polar surface area (TPSA) is 95.2 Å². The van der Waals surface area contributed by atoms with Gasteiger partial charge in [0.2, 0.25) is 15.9 Å². The van der Waals surface area contributed by atoms with E-state index in [0.717, 1.165) is 34.0 Å². The monoisotopic (exact) mass is 378 g/mol. The van der Waals surface area contributed by atoms with E-state index in [1.165, 1.54) is 7.05 Å². The van der Waals surface area contributed by atoms with Crippen LogP contribution in [0.1, 0.15) is 36.4 Å². The summed E-state index contributed by atoms with van der Waals surface area (Å²) in [6.07, 6.45) is 1.57. The summed E-state index contributed by atoms with van der Waals surface area (Å²) in [5.74, 6) is -0.370. The molecule has 2 rings (SSSR count). The highest BCUT2D eigenvalue weighted by atomic mass is 32.2. The van der Waals surface area contributed by atoms with Crippen molar-refractivity contribution in [1.82, 2.24) is 14.5 Å². The number of benzene rings is 1. The number of carbonyl (C=O) groups excluding carboxylic acids is 1. The van der Waals surface area contributed by atoms with Gasteiger partial charge in [-0.2, -0.15) is 9.40 Å². The molecule has 8 heteroatoms.